The summed E-state index contributed by atoms with van der Waals surface area (Å²) in [6, 6.07) is 9.92. The van der Waals surface area contributed by atoms with E-state index in [0.29, 0.717) is 38.7 Å². The smallest absolute Gasteiger partial charge is 0.246 e. The van der Waals surface area contributed by atoms with Crippen LogP contribution in [0.1, 0.15) is 19.4 Å². The lowest BCUT2D eigenvalue weighted by atomic mass is 10.2. The van der Waals surface area contributed by atoms with Crippen LogP contribution in [0.4, 0.5) is 5.69 Å². The fourth-order valence-corrected chi connectivity index (χ4v) is 3.52. The Bertz CT molecular complexity index is 916. The molecule has 3 rings (SSSR count). The van der Waals surface area contributed by atoms with Crippen molar-refractivity contribution in [3.05, 3.63) is 48.3 Å². The summed E-state index contributed by atoms with van der Waals surface area (Å²) in [5, 5.41) is 7.36. The van der Waals surface area contributed by atoms with Gasteiger partial charge in [0.15, 0.2) is 5.96 Å². The molecule has 0 saturated carbocycles. The lowest BCUT2D eigenvalue weighted by Crippen LogP contribution is -2.55. The molecule has 1 N–H and O–H groups in total. The third kappa shape index (κ3) is 6.68. The van der Waals surface area contributed by atoms with Gasteiger partial charge in [-0.05, 0) is 19.4 Å². The second-order valence-electron chi connectivity index (χ2n) is 7.40. The highest BCUT2D eigenvalue weighted by molar-refractivity contribution is 14.0. The number of likely N-dealkylation sites (N-methyl/N-ethyl adjacent to an activating group) is 1. The van der Waals surface area contributed by atoms with E-state index in [1.807, 2.05) is 62.3 Å². The standard InChI is InChI=1S/C22H31N7O2.HI/c1-4-23-22(24-14-20(30)27(5-2)15-18-9-7-6-8-10-18)28-11-12-29(21(31)17-28)19-13-25-26(3)16-19;/h6-10,13,16H,4-5,11-12,14-15,17H2,1-3H3,(H,23,24);1H. The molecule has 1 aliphatic rings. The van der Waals surface area contributed by atoms with Gasteiger partial charge in [0.05, 0.1) is 11.9 Å². The summed E-state index contributed by atoms with van der Waals surface area (Å²) in [6.07, 6.45) is 3.52. The quantitative estimate of drug-likeness (QED) is 0.321. The highest BCUT2D eigenvalue weighted by Crippen LogP contribution is 2.16. The SMILES string of the molecule is CCNC(=NCC(=O)N(CC)Cc1ccccc1)N1CCN(c2cnn(C)c2)C(=O)C1.I. The predicted octanol–water partition coefficient (Wildman–Crippen LogP) is 1.70. The molecule has 1 aromatic heterocycles. The van der Waals surface area contributed by atoms with Gasteiger partial charge >= 0.3 is 0 Å². The molecule has 1 aliphatic heterocycles. The summed E-state index contributed by atoms with van der Waals surface area (Å²) in [5.41, 5.74) is 1.88. The number of piperazine rings is 1. The van der Waals surface area contributed by atoms with Gasteiger partial charge in [0.25, 0.3) is 0 Å². The molecule has 2 heterocycles. The number of carbonyl (C=O) groups is 2. The molecule has 1 aromatic carbocycles. The number of halogens is 1. The van der Waals surface area contributed by atoms with Crippen molar-refractivity contribution in [3.63, 3.8) is 0 Å². The van der Waals surface area contributed by atoms with Crippen LogP contribution in [0.5, 0.6) is 0 Å². The largest absolute Gasteiger partial charge is 0.356 e. The molecule has 0 spiro atoms. The van der Waals surface area contributed by atoms with Gasteiger partial charge in [-0.1, -0.05) is 30.3 Å². The number of anilines is 1. The second-order valence-corrected chi connectivity index (χ2v) is 7.40. The van der Waals surface area contributed by atoms with Crippen LogP contribution in [0.2, 0.25) is 0 Å². The van der Waals surface area contributed by atoms with E-state index in [1.165, 1.54) is 0 Å². The predicted molar refractivity (Wildman–Crippen MR) is 136 cm³/mol. The molecule has 0 atom stereocenters. The summed E-state index contributed by atoms with van der Waals surface area (Å²) in [7, 11) is 1.83. The Labute approximate surface area is 206 Å². The van der Waals surface area contributed by atoms with Crippen LogP contribution in [0.25, 0.3) is 0 Å². The fraction of sp³-hybridized carbons (Fsp3) is 0.455. The summed E-state index contributed by atoms with van der Waals surface area (Å²) in [5.74, 6) is 0.531. The highest BCUT2D eigenvalue weighted by Gasteiger charge is 2.28. The monoisotopic (exact) mass is 553 g/mol. The first-order valence-corrected chi connectivity index (χ1v) is 10.7. The maximum absolute atomic E-state index is 12.8. The van der Waals surface area contributed by atoms with Crippen LogP contribution >= 0.6 is 24.0 Å². The first-order chi connectivity index (χ1) is 15.0. The van der Waals surface area contributed by atoms with Gasteiger partial charge < -0.3 is 20.0 Å². The number of guanidine groups is 1. The van der Waals surface area contributed by atoms with Crippen molar-refractivity contribution in [1.29, 1.82) is 0 Å². The van der Waals surface area contributed by atoms with E-state index < -0.39 is 0 Å². The Balaban J connectivity index is 0.00000363. The molecule has 174 valence electrons. The van der Waals surface area contributed by atoms with Crippen LogP contribution < -0.4 is 10.2 Å². The normalized spacial score (nSPS) is 14.2. The minimum atomic E-state index is -0.0397. The zero-order chi connectivity index (χ0) is 22.2. The van der Waals surface area contributed by atoms with Gasteiger partial charge in [-0.15, -0.1) is 24.0 Å². The maximum atomic E-state index is 12.8. The molecule has 1 saturated heterocycles. The zero-order valence-corrected chi connectivity index (χ0v) is 21.2. The molecule has 0 unspecified atom stereocenters. The van der Waals surface area contributed by atoms with Crippen LogP contribution in [0, 0.1) is 0 Å². The number of nitrogens with zero attached hydrogens (tertiary/aromatic N) is 6. The second kappa shape index (κ2) is 12.4. The van der Waals surface area contributed by atoms with Crippen molar-refractivity contribution < 1.29 is 9.59 Å². The first kappa shape index (κ1) is 25.6. The number of aliphatic imine (C=N–C) groups is 1. The molecule has 2 aromatic rings. The summed E-state index contributed by atoms with van der Waals surface area (Å²) < 4.78 is 1.68. The Morgan fingerprint density at radius 3 is 2.56 bits per heavy atom. The van der Waals surface area contributed by atoms with E-state index in [1.54, 1.807) is 20.7 Å². The average Bonchev–Trinajstić information content (AvgIpc) is 3.21. The van der Waals surface area contributed by atoms with E-state index in [9.17, 15) is 9.59 Å². The van der Waals surface area contributed by atoms with E-state index in [-0.39, 0.29) is 48.9 Å². The van der Waals surface area contributed by atoms with Crippen molar-refractivity contribution in [3.8, 4) is 0 Å². The van der Waals surface area contributed by atoms with Crippen LogP contribution in [0.3, 0.4) is 0 Å². The molecular formula is C22H32IN7O2. The third-order valence-corrected chi connectivity index (χ3v) is 5.17. The van der Waals surface area contributed by atoms with Gasteiger partial charge in [-0.2, -0.15) is 5.10 Å². The van der Waals surface area contributed by atoms with E-state index in [2.05, 4.69) is 15.4 Å². The fourth-order valence-electron chi connectivity index (χ4n) is 3.52. The number of amides is 2. The van der Waals surface area contributed by atoms with E-state index in [4.69, 9.17) is 0 Å². The van der Waals surface area contributed by atoms with Gasteiger partial charge in [-0.25, -0.2) is 4.99 Å². The Hall–Kier alpha value is -2.63. The average molecular weight is 553 g/mol. The molecule has 2 amide bonds. The molecule has 9 nitrogen and oxygen atoms in total. The number of aromatic nitrogens is 2. The number of carbonyl (C=O) groups excluding carboxylic acids is 2. The number of hydrogen-bond acceptors (Lipinski definition) is 4. The Morgan fingerprint density at radius 1 is 1.22 bits per heavy atom. The van der Waals surface area contributed by atoms with Gasteiger partial charge in [0.1, 0.15) is 13.1 Å². The summed E-state index contributed by atoms with van der Waals surface area (Å²) in [6.45, 7) is 7.18. The molecule has 1 fully saturated rings. The van der Waals surface area contributed by atoms with Crippen molar-refractivity contribution in [2.24, 2.45) is 12.0 Å². The molecule has 10 heteroatoms. The first-order valence-electron chi connectivity index (χ1n) is 10.7. The minimum Gasteiger partial charge on any atom is -0.356 e. The summed E-state index contributed by atoms with van der Waals surface area (Å²) >= 11 is 0. The van der Waals surface area contributed by atoms with Crippen molar-refractivity contribution in [1.82, 2.24) is 24.9 Å². The Kier molecular flexibility index (Phi) is 9.95. The van der Waals surface area contributed by atoms with Crippen LogP contribution in [-0.2, 0) is 23.2 Å². The van der Waals surface area contributed by atoms with Crippen molar-refractivity contribution >= 4 is 47.4 Å². The molecule has 32 heavy (non-hydrogen) atoms. The number of rotatable bonds is 7. The maximum Gasteiger partial charge on any atom is 0.246 e. The zero-order valence-electron chi connectivity index (χ0n) is 18.9. The number of aryl methyl sites for hydroxylation is 1. The van der Waals surface area contributed by atoms with E-state index in [0.717, 1.165) is 11.3 Å². The Morgan fingerprint density at radius 2 is 1.97 bits per heavy atom. The van der Waals surface area contributed by atoms with E-state index >= 15 is 0 Å². The molecule has 0 bridgehead atoms. The van der Waals surface area contributed by atoms with Crippen LogP contribution in [-0.4, -0.2) is 76.6 Å². The van der Waals surface area contributed by atoms with Gasteiger partial charge in [0, 0.05) is 46.0 Å². The van der Waals surface area contributed by atoms with Crippen molar-refractivity contribution in [2.45, 2.75) is 20.4 Å². The number of benzene rings is 1. The van der Waals surface area contributed by atoms with Crippen molar-refractivity contribution in [2.75, 3.05) is 44.2 Å². The topological polar surface area (TPSA) is 86.1 Å². The van der Waals surface area contributed by atoms with Gasteiger partial charge in [0.2, 0.25) is 11.8 Å². The number of nitrogens with one attached hydrogen (secondary N) is 1. The molecule has 0 aliphatic carbocycles. The van der Waals surface area contributed by atoms with Crippen LogP contribution in [0.15, 0.2) is 47.7 Å². The number of hydrogen-bond donors (Lipinski definition) is 1. The lowest BCUT2D eigenvalue weighted by molar-refractivity contribution is -0.130. The highest BCUT2D eigenvalue weighted by atomic mass is 127. The minimum absolute atomic E-state index is 0. The molecule has 0 radical (unpaired) electrons. The molecular weight excluding hydrogens is 521 g/mol. The third-order valence-electron chi connectivity index (χ3n) is 5.17. The summed E-state index contributed by atoms with van der Waals surface area (Å²) in [4.78, 5) is 35.4. The van der Waals surface area contributed by atoms with Gasteiger partial charge in [-0.3, -0.25) is 14.3 Å². The lowest BCUT2D eigenvalue weighted by Gasteiger charge is -2.35.